The van der Waals surface area contributed by atoms with Crippen LogP contribution in [-0.2, 0) is 25.4 Å². The average Bonchev–Trinajstić information content (AvgIpc) is 3.25. The van der Waals surface area contributed by atoms with E-state index in [-0.39, 0.29) is 23.0 Å². The van der Waals surface area contributed by atoms with Crippen molar-refractivity contribution in [2.75, 3.05) is 5.32 Å². The molecule has 0 aliphatic rings. The summed E-state index contributed by atoms with van der Waals surface area (Å²) in [6.45, 7) is 1.56. The molecule has 1 amide bonds. The van der Waals surface area contributed by atoms with Gasteiger partial charge in [0.15, 0.2) is 11.2 Å². The van der Waals surface area contributed by atoms with E-state index in [1.165, 1.54) is 23.2 Å². The highest BCUT2D eigenvalue weighted by Crippen LogP contribution is 2.19. The third-order valence-corrected chi connectivity index (χ3v) is 4.99. The zero-order valence-electron chi connectivity index (χ0n) is 16.5. The summed E-state index contributed by atoms with van der Waals surface area (Å²) in [7, 11) is 2.84. The quantitative estimate of drug-likeness (QED) is 0.492. The van der Waals surface area contributed by atoms with E-state index in [2.05, 4.69) is 15.4 Å². The van der Waals surface area contributed by atoms with Crippen LogP contribution < -0.4 is 16.6 Å². The molecule has 4 rings (SSSR count). The second-order valence-electron chi connectivity index (χ2n) is 6.81. The average molecular weight is 428 g/mol. The Morgan fingerprint density at radius 2 is 1.83 bits per heavy atom. The molecule has 4 aromatic rings. The molecule has 0 saturated heterocycles. The molecule has 0 atom stereocenters. The molecule has 0 bridgehead atoms. The number of fused-ring (bicyclic) bond motifs is 1. The molecule has 1 N–H and O–H groups in total. The van der Waals surface area contributed by atoms with Gasteiger partial charge in [-0.1, -0.05) is 18.2 Å². The summed E-state index contributed by atoms with van der Waals surface area (Å²) in [5, 5.41) is 7.14. The van der Waals surface area contributed by atoms with Crippen LogP contribution in [0.5, 0.6) is 0 Å². The maximum atomic E-state index is 12.8. The Bertz CT molecular complexity index is 1400. The minimum Gasteiger partial charge on any atom is -0.309 e. The molecule has 154 valence electrons. The third kappa shape index (κ3) is 3.20. The first-order valence-electron chi connectivity index (χ1n) is 9.01. The largest absolute Gasteiger partial charge is 0.332 e. The smallest absolute Gasteiger partial charge is 0.309 e. The Morgan fingerprint density at radius 3 is 2.53 bits per heavy atom. The van der Waals surface area contributed by atoms with E-state index >= 15 is 0 Å². The van der Waals surface area contributed by atoms with E-state index in [9.17, 15) is 14.4 Å². The molecule has 0 spiro atoms. The Morgan fingerprint density at radius 1 is 1.13 bits per heavy atom. The van der Waals surface area contributed by atoms with Crippen LogP contribution in [0.25, 0.3) is 16.9 Å². The van der Waals surface area contributed by atoms with Crippen molar-refractivity contribution >= 4 is 34.5 Å². The Labute approximate surface area is 174 Å². The van der Waals surface area contributed by atoms with Gasteiger partial charge in [0, 0.05) is 20.2 Å². The lowest BCUT2D eigenvalue weighted by molar-refractivity contribution is -0.116. The number of benzene rings is 1. The molecule has 30 heavy (non-hydrogen) atoms. The van der Waals surface area contributed by atoms with E-state index in [1.54, 1.807) is 10.7 Å². The molecule has 0 unspecified atom stereocenters. The third-order valence-electron chi connectivity index (χ3n) is 4.70. The fourth-order valence-corrected chi connectivity index (χ4v) is 3.47. The van der Waals surface area contributed by atoms with Crippen molar-refractivity contribution in [1.29, 1.82) is 0 Å². The van der Waals surface area contributed by atoms with Crippen LogP contribution >= 0.6 is 11.6 Å². The molecule has 3 heterocycles. The lowest BCUT2D eigenvalue weighted by Gasteiger charge is -2.10. The zero-order chi connectivity index (χ0) is 21.6. The lowest BCUT2D eigenvalue weighted by Crippen LogP contribution is -2.37. The van der Waals surface area contributed by atoms with Crippen molar-refractivity contribution in [2.24, 2.45) is 14.1 Å². The number of aryl methyl sites for hydroxylation is 2. The summed E-state index contributed by atoms with van der Waals surface area (Å²) in [6, 6.07) is 11.1. The van der Waals surface area contributed by atoms with Crippen LogP contribution in [-0.4, -0.2) is 34.4 Å². The summed E-state index contributed by atoms with van der Waals surface area (Å²) in [4.78, 5) is 41.6. The molecule has 1 aromatic carbocycles. The lowest BCUT2D eigenvalue weighted by atomic mass is 10.3. The molecule has 10 nitrogen and oxygen atoms in total. The molecule has 11 heteroatoms. The Balaban J connectivity index is 1.70. The van der Waals surface area contributed by atoms with Crippen molar-refractivity contribution in [3.8, 4) is 5.69 Å². The van der Waals surface area contributed by atoms with E-state index in [0.717, 1.165) is 15.9 Å². The molecular formula is C19H18ClN7O3. The number of carbonyl (C=O) groups excluding carboxylic acids is 1. The van der Waals surface area contributed by atoms with Crippen LogP contribution in [0.15, 0.2) is 46.0 Å². The van der Waals surface area contributed by atoms with Crippen molar-refractivity contribution in [3.63, 3.8) is 0 Å². The number of nitrogens with zero attached hydrogens (tertiary/aromatic N) is 6. The van der Waals surface area contributed by atoms with Gasteiger partial charge in [0.1, 0.15) is 12.4 Å². The predicted octanol–water partition coefficient (Wildman–Crippen LogP) is 1.22. The van der Waals surface area contributed by atoms with Gasteiger partial charge in [0.05, 0.1) is 11.4 Å². The Hall–Kier alpha value is -3.66. The molecule has 0 aliphatic heterocycles. The van der Waals surface area contributed by atoms with Crippen molar-refractivity contribution in [3.05, 3.63) is 68.2 Å². The van der Waals surface area contributed by atoms with E-state index in [0.29, 0.717) is 5.82 Å². The van der Waals surface area contributed by atoms with E-state index < -0.39 is 17.2 Å². The summed E-state index contributed by atoms with van der Waals surface area (Å²) < 4.78 is 5.06. The van der Waals surface area contributed by atoms with Gasteiger partial charge in [-0.05, 0) is 30.7 Å². The summed E-state index contributed by atoms with van der Waals surface area (Å²) in [5.74, 6) is 0.0498. The maximum absolute atomic E-state index is 12.8. The first kappa shape index (κ1) is 19.6. The molecule has 0 fully saturated rings. The minimum absolute atomic E-state index is 0.0637. The molecule has 0 saturated carbocycles. The van der Waals surface area contributed by atoms with Crippen molar-refractivity contribution < 1.29 is 4.79 Å². The van der Waals surface area contributed by atoms with Gasteiger partial charge >= 0.3 is 5.69 Å². The van der Waals surface area contributed by atoms with E-state index in [4.69, 9.17) is 11.6 Å². The standard InChI is InChI=1S/C19H18ClN7O3/c1-11-9-13(27(23-11)12-7-5-4-6-8-12)21-14(28)10-26-15-16(22-18(26)20)24(2)19(30)25(3)17(15)29/h4-9H,10H2,1-3H3,(H,21,28). The van der Waals surface area contributed by atoms with Crippen molar-refractivity contribution in [2.45, 2.75) is 13.5 Å². The predicted molar refractivity (Wildman–Crippen MR) is 112 cm³/mol. The van der Waals surface area contributed by atoms with Crippen molar-refractivity contribution in [1.82, 2.24) is 28.5 Å². The number of rotatable bonds is 4. The van der Waals surface area contributed by atoms with Crippen LogP contribution in [0, 0.1) is 6.92 Å². The van der Waals surface area contributed by atoms with Gasteiger partial charge in [-0.3, -0.25) is 23.3 Å². The number of halogens is 1. The Kier molecular flexibility index (Phi) is 4.78. The van der Waals surface area contributed by atoms with Crippen LogP contribution in [0.3, 0.4) is 0 Å². The van der Waals surface area contributed by atoms with Crippen LogP contribution in [0.2, 0.25) is 5.28 Å². The van der Waals surface area contributed by atoms with Crippen LogP contribution in [0.4, 0.5) is 5.82 Å². The van der Waals surface area contributed by atoms with Gasteiger partial charge in [-0.15, -0.1) is 0 Å². The van der Waals surface area contributed by atoms with Crippen LogP contribution in [0.1, 0.15) is 5.69 Å². The number of nitrogens with one attached hydrogen (secondary N) is 1. The van der Waals surface area contributed by atoms with Gasteiger partial charge in [-0.25, -0.2) is 9.48 Å². The second-order valence-corrected chi connectivity index (χ2v) is 7.15. The zero-order valence-corrected chi connectivity index (χ0v) is 17.2. The number of carbonyl (C=O) groups is 1. The monoisotopic (exact) mass is 427 g/mol. The summed E-state index contributed by atoms with van der Waals surface area (Å²) >= 11 is 6.19. The summed E-state index contributed by atoms with van der Waals surface area (Å²) in [5.41, 5.74) is 0.601. The highest BCUT2D eigenvalue weighted by molar-refractivity contribution is 6.29. The first-order chi connectivity index (χ1) is 14.3. The van der Waals surface area contributed by atoms with E-state index in [1.807, 2.05) is 37.3 Å². The SMILES string of the molecule is Cc1cc(NC(=O)Cn2c(Cl)nc3c2c(=O)n(C)c(=O)n3C)n(-c2ccccc2)n1. The highest BCUT2D eigenvalue weighted by atomic mass is 35.5. The number of anilines is 1. The highest BCUT2D eigenvalue weighted by Gasteiger charge is 2.20. The number of imidazole rings is 1. The minimum atomic E-state index is -0.578. The number of aromatic nitrogens is 6. The van der Waals surface area contributed by atoms with Gasteiger partial charge in [0.2, 0.25) is 11.2 Å². The van der Waals surface area contributed by atoms with Gasteiger partial charge in [0.25, 0.3) is 5.56 Å². The number of amides is 1. The number of hydrogen-bond donors (Lipinski definition) is 1. The summed E-state index contributed by atoms with van der Waals surface area (Å²) in [6.07, 6.45) is 0. The molecule has 0 aliphatic carbocycles. The first-order valence-corrected chi connectivity index (χ1v) is 9.39. The number of para-hydroxylation sites is 1. The maximum Gasteiger partial charge on any atom is 0.332 e. The fourth-order valence-electron chi connectivity index (χ4n) is 3.24. The molecule has 0 radical (unpaired) electrons. The normalized spacial score (nSPS) is 11.2. The topological polar surface area (TPSA) is 109 Å². The van der Waals surface area contributed by atoms with Gasteiger partial charge in [-0.2, -0.15) is 10.1 Å². The van der Waals surface area contributed by atoms with Gasteiger partial charge < -0.3 is 5.32 Å². The molecular weight excluding hydrogens is 410 g/mol. The fraction of sp³-hybridized carbons (Fsp3) is 0.211. The number of hydrogen-bond acceptors (Lipinski definition) is 5. The molecule has 3 aromatic heterocycles. The second kappa shape index (κ2) is 7.30.